The molecule has 0 heterocycles. The zero-order valence-electron chi connectivity index (χ0n) is 12.4. The molecule has 0 aromatic carbocycles. The van der Waals surface area contributed by atoms with Crippen LogP contribution in [-0.2, 0) is 9.53 Å². The van der Waals surface area contributed by atoms with E-state index in [4.69, 9.17) is 4.74 Å². The molecule has 0 saturated carbocycles. The topological polar surface area (TPSA) is 26.3 Å². The van der Waals surface area contributed by atoms with Gasteiger partial charge in [0.25, 0.3) is 0 Å². The fourth-order valence-electron chi connectivity index (χ4n) is 1.96. The number of thiol groups is 1. The van der Waals surface area contributed by atoms with Crippen molar-refractivity contribution in [3.8, 4) is 0 Å². The summed E-state index contributed by atoms with van der Waals surface area (Å²) in [4.78, 5) is 11.4. The summed E-state index contributed by atoms with van der Waals surface area (Å²) in [5, 5.41) is 0. The SMILES string of the molecule is CCCCCCCCCCCC(=O)OCCCSS. The molecule has 0 N–H and O–H groups in total. The molecular formula is C15H30O2S2. The van der Waals surface area contributed by atoms with E-state index in [1.54, 1.807) is 0 Å². The van der Waals surface area contributed by atoms with Gasteiger partial charge in [-0.1, -0.05) is 69.1 Å². The highest BCUT2D eigenvalue weighted by Gasteiger charge is 2.02. The minimum absolute atomic E-state index is 0.0351. The molecule has 19 heavy (non-hydrogen) atoms. The smallest absolute Gasteiger partial charge is 0.305 e. The Labute approximate surface area is 128 Å². The van der Waals surface area contributed by atoms with Gasteiger partial charge in [-0.25, -0.2) is 0 Å². The van der Waals surface area contributed by atoms with Crippen LogP contribution < -0.4 is 0 Å². The van der Waals surface area contributed by atoms with E-state index >= 15 is 0 Å². The van der Waals surface area contributed by atoms with Crippen molar-refractivity contribution in [2.75, 3.05) is 12.4 Å². The second-order valence-electron chi connectivity index (χ2n) is 4.99. The Morgan fingerprint density at radius 1 is 0.947 bits per heavy atom. The van der Waals surface area contributed by atoms with Gasteiger partial charge in [-0.3, -0.25) is 4.79 Å². The van der Waals surface area contributed by atoms with Crippen molar-refractivity contribution in [2.24, 2.45) is 0 Å². The van der Waals surface area contributed by atoms with Crippen molar-refractivity contribution >= 4 is 28.4 Å². The third kappa shape index (κ3) is 16.1. The number of rotatable bonds is 14. The maximum atomic E-state index is 11.4. The molecule has 0 aliphatic heterocycles. The van der Waals surface area contributed by atoms with E-state index in [0.29, 0.717) is 13.0 Å². The van der Waals surface area contributed by atoms with E-state index in [1.807, 2.05) is 0 Å². The van der Waals surface area contributed by atoms with Crippen LogP contribution in [0.15, 0.2) is 0 Å². The Morgan fingerprint density at radius 3 is 2.11 bits per heavy atom. The molecule has 0 aliphatic rings. The Kier molecular flexibility index (Phi) is 16.4. The lowest BCUT2D eigenvalue weighted by Gasteiger charge is -2.04. The second kappa shape index (κ2) is 16.2. The molecule has 0 spiro atoms. The lowest BCUT2D eigenvalue weighted by molar-refractivity contribution is -0.143. The Hall–Kier alpha value is 0.170. The van der Waals surface area contributed by atoms with Crippen LogP contribution in [0, 0.1) is 0 Å². The largest absolute Gasteiger partial charge is 0.466 e. The number of carbonyl (C=O) groups is 1. The molecule has 0 rings (SSSR count). The zero-order valence-corrected chi connectivity index (χ0v) is 14.1. The molecule has 0 aliphatic carbocycles. The van der Waals surface area contributed by atoms with Gasteiger partial charge < -0.3 is 4.74 Å². The Balaban J connectivity index is 3.10. The number of carbonyl (C=O) groups excluding carboxylic acids is 1. The van der Waals surface area contributed by atoms with Crippen LogP contribution in [0.4, 0.5) is 0 Å². The normalized spacial score (nSPS) is 10.6. The molecule has 0 aromatic rings. The minimum atomic E-state index is -0.0351. The molecule has 4 heteroatoms. The molecular weight excluding hydrogens is 276 g/mol. The summed E-state index contributed by atoms with van der Waals surface area (Å²) in [5.41, 5.74) is 0. The summed E-state index contributed by atoms with van der Waals surface area (Å²) >= 11 is 4.04. The van der Waals surface area contributed by atoms with Gasteiger partial charge in [0.2, 0.25) is 0 Å². The second-order valence-corrected chi connectivity index (χ2v) is 6.43. The van der Waals surface area contributed by atoms with Crippen molar-refractivity contribution in [2.45, 2.75) is 77.6 Å². The number of hydrogen-bond donors (Lipinski definition) is 1. The average Bonchev–Trinajstić information content (AvgIpc) is 2.42. The quantitative estimate of drug-likeness (QED) is 0.201. The summed E-state index contributed by atoms with van der Waals surface area (Å²) in [6, 6.07) is 0. The molecule has 0 atom stereocenters. The lowest BCUT2D eigenvalue weighted by Crippen LogP contribution is -2.06. The number of ether oxygens (including phenoxy) is 1. The molecule has 0 saturated heterocycles. The van der Waals surface area contributed by atoms with Crippen molar-refractivity contribution < 1.29 is 9.53 Å². The van der Waals surface area contributed by atoms with Gasteiger partial charge in [0.1, 0.15) is 0 Å². The van der Waals surface area contributed by atoms with Gasteiger partial charge >= 0.3 is 5.97 Å². The van der Waals surface area contributed by atoms with Crippen molar-refractivity contribution in [1.82, 2.24) is 0 Å². The van der Waals surface area contributed by atoms with Gasteiger partial charge in [0, 0.05) is 12.2 Å². The first-order valence-corrected chi connectivity index (χ1v) is 9.77. The summed E-state index contributed by atoms with van der Waals surface area (Å²) in [7, 11) is 1.49. The van der Waals surface area contributed by atoms with E-state index in [9.17, 15) is 4.79 Å². The van der Waals surface area contributed by atoms with Crippen LogP contribution >= 0.6 is 22.5 Å². The Morgan fingerprint density at radius 2 is 1.53 bits per heavy atom. The van der Waals surface area contributed by atoms with Crippen LogP contribution in [0.1, 0.15) is 77.6 Å². The molecule has 0 amide bonds. The highest BCUT2D eigenvalue weighted by molar-refractivity contribution is 8.68. The minimum Gasteiger partial charge on any atom is -0.466 e. The predicted octanol–water partition coefficient (Wildman–Crippen LogP) is 5.42. The summed E-state index contributed by atoms with van der Waals surface area (Å²) in [6.07, 6.45) is 13.0. The molecule has 0 radical (unpaired) electrons. The number of unbranched alkanes of at least 4 members (excludes halogenated alkanes) is 8. The van der Waals surface area contributed by atoms with E-state index in [-0.39, 0.29) is 5.97 Å². The van der Waals surface area contributed by atoms with Crippen LogP contribution in [0.3, 0.4) is 0 Å². The van der Waals surface area contributed by atoms with Gasteiger partial charge in [0.05, 0.1) is 6.61 Å². The molecule has 0 unspecified atom stereocenters. The van der Waals surface area contributed by atoms with E-state index in [0.717, 1.165) is 25.0 Å². The number of hydrogen-bond acceptors (Lipinski definition) is 4. The fraction of sp³-hybridized carbons (Fsp3) is 0.933. The first-order valence-electron chi connectivity index (χ1n) is 7.73. The van der Waals surface area contributed by atoms with Gasteiger partial charge in [-0.15, -0.1) is 11.7 Å². The molecule has 0 fully saturated rings. The zero-order chi connectivity index (χ0) is 14.2. The van der Waals surface area contributed by atoms with E-state index in [1.165, 1.54) is 55.7 Å². The van der Waals surface area contributed by atoms with Crippen LogP contribution in [-0.4, -0.2) is 18.3 Å². The van der Waals surface area contributed by atoms with E-state index in [2.05, 4.69) is 18.6 Å². The maximum absolute atomic E-state index is 11.4. The van der Waals surface area contributed by atoms with E-state index < -0.39 is 0 Å². The highest BCUT2D eigenvalue weighted by Crippen LogP contribution is 2.11. The maximum Gasteiger partial charge on any atom is 0.305 e. The standard InChI is InChI=1S/C15H30O2S2/c1-2-3-4-5-6-7-8-9-10-12-15(16)17-13-11-14-19-18/h18H,2-14H2,1H3. The molecule has 0 aromatic heterocycles. The summed E-state index contributed by atoms with van der Waals surface area (Å²) in [6.45, 7) is 2.79. The summed E-state index contributed by atoms with van der Waals surface area (Å²) in [5.74, 6) is 0.904. The predicted molar refractivity (Wildman–Crippen MR) is 88.9 cm³/mol. The third-order valence-electron chi connectivity index (χ3n) is 3.13. The molecule has 2 nitrogen and oxygen atoms in total. The first-order chi connectivity index (χ1) is 9.31. The van der Waals surface area contributed by atoms with Crippen molar-refractivity contribution in [1.29, 1.82) is 0 Å². The number of esters is 1. The van der Waals surface area contributed by atoms with Crippen molar-refractivity contribution in [3.63, 3.8) is 0 Å². The Bertz CT molecular complexity index is 199. The van der Waals surface area contributed by atoms with Gasteiger partial charge in [-0.05, 0) is 12.8 Å². The summed E-state index contributed by atoms with van der Waals surface area (Å²) < 4.78 is 5.13. The highest BCUT2D eigenvalue weighted by atomic mass is 33.1. The third-order valence-corrected chi connectivity index (χ3v) is 4.15. The van der Waals surface area contributed by atoms with Crippen molar-refractivity contribution in [3.05, 3.63) is 0 Å². The average molecular weight is 307 g/mol. The molecule has 0 bridgehead atoms. The molecule has 114 valence electrons. The van der Waals surface area contributed by atoms with Crippen LogP contribution in [0.2, 0.25) is 0 Å². The lowest BCUT2D eigenvalue weighted by atomic mass is 10.1. The first kappa shape index (κ1) is 19.2. The van der Waals surface area contributed by atoms with Crippen LogP contribution in [0.5, 0.6) is 0 Å². The monoisotopic (exact) mass is 306 g/mol. The van der Waals surface area contributed by atoms with Crippen LogP contribution in [0.25, 0.3) is 0 Å². The fourth-order valence-corrected chi connectivity index (χ4v) is 2.60. The van der Waals surface area contributed by atoms with Gasteiger partial charge in [0.15, 0.2) is 0 Å². The van der Waals surface area contributed by atoms with Gasteiger partial charge in [-0.2, -0.15) is 0 Å².